The maximum absolute atomic E-state index is 13.7. The molecule has 5 rings (SSSR count). The maximum Gasteiger partial charge on any atom is 0.267 e. The number of carbonyl (C=O) groups is 1. The zero-order chi connectivity index (χ0) is 27.7. The quantitative estimate of drug-likeness (QED) is 0.313. The standard InChI is InChI=1S/C28H30N4O5S2/c1-17-15-30(16-18(2)37-17)25-20(26(33)31-11-6-5-7-24(31)29-25)14-23-27(34)32(28(38)39-23)12-10-19-8-9-21(35-3)22(13-19)36-4/h5-9,11,13-14,17-18H,10,12,15-16H2,1-4H3/b23-14+. The van der Waals surface area contributed by atoms with Gasteiger partial charge in [-0.2, -0.15) is 0 Å². The molecule has 0 N–H and O–H groups in total. The van der Waals surface area contributed by atoms with Crippen LogP contribution in [0.4, 0.5) is 5.82 Å². The van der Waals surface area contributed by atoms with Crippen LogP contribution in [0.15, 0.2) is 52.3 Å². The Labute approximate surface area is 236 Å². The highest BCUT2D eigenvalue weighted by Gasteiger charge is 2.33. The Morgan fingerprint density at radius 1 is 1.10 bits per heavy atom. The molecule has 1 amide bonds. The second-order valence-electron chi connectivity index (χ2n) is 9.52. The zero-order valence-electron chi connectivity index (χ0n) is 22.2. The number of fused-ring (bicyclic) bond motifs is 1. The van der Waals surface area contributed by atoms with Crippen LogP contribution in [0.3, 0.4) is 0 Å². The van der Waals surface area contributed by atoms with E-state index in [1.54, 1.807) is 43.5 Å². The van der Waals surface area contributed by atoms with Crippen LogP contribution in [0.2, 0.25) is 0 Å². The van der Waals surface area contributed by atoms with Gasteiger partial charge in [0.2, 0.25) is 0 Å². The predicted octanol–water partition coefficient (Wildman–Crippen LogP) is 3.77. The van der Waals surface area contributed by atoms with Gasteiger partial charge in [0.25, 0.3) is 11.5 Å². The van der Waals surface area contributed by atoms with E-state index < -0.39 is 0 Å². The number of amides is 1. The minimum Gasteiger partial charge on any atom is -0.493 e. The molecule has 0 aliphatic carbocycles. The highest BCUT2D eigenvalue weighted by atomic mass is 32.2. The SMILES string of the molecule is COc1ccc(CCN2C(=O)/C(=C\c3c(N4CC(C)OC(C)C4)nc4ccccn4c3=O)SC2=S)cc1OC. The molecule has 39 heavy (non-hydrogen) atoms. The molecule has 1 aromatic carbocycles. The van der Waals surface area contributed by atoms with Gasteiger partial charge in [-0.25, -0.2) is 4.98 Å². The summed E-state index contributed by atoms with van der Waals surface area (Å²) in [5, 5.41) is 0. The zero-order valence-corrected chi connectivity index (χ0v) is 23.9. The number of ether oxygens (including phenoxy) is 3. The number of rotatable bonds is 7. The van der Waals surface area contributed by atoms with Crippen molar-refractivity contribution in [2.24, 2.45) is 0 Å². The molecule has 4 heterocycles. The molecule has 204 valence electrons. The smallest absolute Gasteiger partial charge is 0.267 e. The van der Waals surface area contributed by atoms with Crippen molar-refractivity contribution in [2.75, 3.05) is 38.8 Å². The van der Waals surface area contributed by atoms with Gasteiger partial charge in [0.05, 0.1) is 36.9 Å². The van der Waals surface area contributed by atoms with E-state index in [-0.39, 0.29) is 23.7 Å². The molecule has 9 nitrogen and oxygen atoms in total. The van der Waals surface area contributed by atoms with Crippen LogP contribution in [0, 0.1) is 0 Å². The number of morpholine rings is 1. The Balaban J connectivity index is 1.46. The fraction of sp³-hybridized carbons (Fsp3) is 0.357. The molecule has 2 aromatic heterocycles. The van der Waals surface area contributed by atoms with Gasteiger partial charge in [-0.1, -0.05) is 36.1 Å². The van der Waals surface area contributed by atoms with Crippen LogP contribution in [-0.4, -0.2) is 70.6 Å². The van der Waals surface area contributed by atoms with Gasteiger partial charge in [-0.3, -0.25) is 18.9 Å². The largest absolute Gasteiger partial charge is 0.493 e. The highest BCUT2D eigenvalue weighted by Crippen LogP contribution is 2.34. The highest BCUT2D eigenvalue weighted by molar-refractivity contribution is 8.26. The number of methoxy groups -OCH3 is 2. The van der Waals surface area contributed by atoms with Crippen molar-refractivity contribution in [3.05, 3.63) is 69.0 Å². The second-order valence-corrected chi connectivity index (χ2v) is 11.2. The average Bonchev–Trinajstić information content (AvgIpc) is 3.19. The molecule has 2 saturated heterocycles. The lowest BCUT2D eigenvalue weighted by atomic mass is 10.1. The molecule has 11 heteroatoms. The van der Waals surface area contributed by atoms with E-state index in [1.807, 2.05) is 38.1 Å². The number of benzene rings is 1. The topological polar surface area (TPSA) is 85.6 Å². The fourth-order valence-corrected chi connectivity index (χ4v) is 6.20. The van der Waals surface area contributed by atoms with Gasteiger partial charge < -0.3 is 19.1 Å². The lowest BCUT2D eigenvalue weighted by Gasteiger charge is -2.36. The van der Waals surface area contributed by atoms with Crippen LogP contribution in [0.1, 0.15) is 25.0 Å². The summed E-state index contributed by atoms with van der Waals surface area (Å²) < 4.78 is 18.6. The maximum atomic E-state index is 13.7. The molecule has 2 fully saturated rings. The number of thiocarbonyl (C=S) groups is 1. The molecule has 3 aromatic rings. The molecule has 2 aliphatic rings. The summed E-state index contributed by atoms with van der Waals surface area (Å²) in [4.78, 5) is 36.0. The van der Waals surface area contributed by atoms with E-state index in [0.29, 0.717) is 63.8 Å². The van der Waals surface area contributed by atoms with Crippen molar-refractivity contribution in [1.82, 2.24) is 14.3 Å². The van der Waals surface area contributed by atoms with E-state index in [1.165, 1.54) is 16.2 Å². The molecule has 2 unspecified atom stereocenters. The second kappa shape index (κ2) is 11.4. The molecule has 0 radical (unpaired) electrons. The van der Waals surface area contributed by atoms with Crippen molar-refractivity contribution in [2.45, 2.75) is 32.5 Å². The Morgan fingerprint density at radius 2 is 1.85 bits per heavy atom. The number of aromatic nitrogens is 2. The first-order valence-electron chi connectivity index (χ1n) is 12.7. The van der Waals surface area contributed by atoms with Gasteiger partial charge in [0, 0.05) is 25.8 Å². The normalized spacial score (nSPS) is 20.8. The minimum absolute atomic E-state index is 0.0209. The Hall–Kier alpha value is -3.41. The Morgan fingerprint density at radius 3 is 2.56 bits per heavy atom. The molecule has 2 aliphatic heterocycles. The number of hydrogen-bond acceptors (Lipinski definition) is 9. The van der Waals surface area contributed by atoms with Crippen LogP contribution in [-0.2, 0) is 16.0 Å². The van der Waals surface area contributed by atoms with Crippen LogP contribution < -0.4 is 19.9 Å². The predicted molar refractivity (Wildman–Crippen MR) is 157 cm³/mol. The van der Waals surface area contributed by atoms with E-state index in [4.69, 9.17) is 31.4 Å². The molecule has 2 atom stereocenters. The Bertz CT molecular complexity index is 1510. The van der Waals surface area contributed by atoms with Gasteiger partial charge in [0.15, 0.2) is 11.5 Å². The van der Waals surface area contributed by atoms with Crippen LogP contribution in [0.5, 0.6) is 11.5 Å². The first kappa shape index (κ1) is 27.2. The third-order valence-electron chi connectivity index (χ3n) is 6.69. The van der Waals surface area contributed by atoms with Gasteiger partial charge >= 0.3 is 0 Å². The summed E-state index contributed by atoms with van der Waals surface area (Å²) in [5.41, 5.74) is 1.66. The first-order chi connectivity index (χ1) is 18.8. The summed E-state index contributed by atoms with van der Waals surface area (Å²) in [7, 11) is 3.18. The summed E-state index contributed by atoms with van der Waals surface area (Å²) in [6.45, 7) is 5.58. The first-order valence-corrected chi connectivity index (χ1v) is 13.9. The average molecular weight is 567 g/mol. The van der Waals surface area contributed by atoms with Crippen LogP contribution in [0.25, 0.3) is 11.7 Å². The van der Waals surface area contributed by atoms with Crippen LogP contribution >= 0.6 is 24.0 Å². The van der Waals surface area contributed by atoms with Crippen molar-refractivity contribution >= 4 is 51.7 Å². The number of pyridine rings is 1. The molecular weight excluding hydrogens is 536 g/mol. The van der Waals surface area contributed by atoms with Gasteiger partial charge in [0.1, 0.15) is 15.8 Å². The number of anilines is 1. The van der Waals surface area contributed by atoms with Gasteiger partial charge in [-0.05, 0) is 56.2 Å². The molecular formula is C28H30N4O5S2. The van der Waals surface area contributed by atoms with Gasteiger partial charge in [-0.15, -0.1) is 0 Å². The lowest BCUT2D eigenvalue weighted by molar-refractivity contribution is -0.122. The van der Waals surface area contributed by atoms with Crippen molar-refractivity contribution < 1.29 is 19.0 Å². The number of nitrogens with zero attached hydrogens (tertiary/aromatic N) is 4. The van der Waals surface area contributed by atoms with E-state index >= 15 is 0 Å². The lowest BCUT2D eigenvalue weighted by Crippen LogP contribution is -2.46. The molecule has 0 spiro atoms. The Kier molecular flexibility index (Phi) is 7.92. The van der Waals surface area contributed by atoms with E-state index in [0.717, 1.165) is 5.56 Å². The van der Waals surface area contributed by atoms with Crippen molar-refractivity contribution in [3.8, 4) is 11.5 Å². The van der Waals surface area contributed by atoms with Crippen molar-refractivity contribution in [3.63, 3.8) is 0 Å². The molecule has 0 bridgehead atoms. The summed E-state index contributed by atoms with van der Waals surface area (Å²) >= 11 is 6.77. The summed E-state index contributed by atoms with van der Waals surface area (Å²) in [6.07, 6.45) is 3.87. The van der Waals surface area contributed by atoms with E-state index in [2.05, 4.69) is 4.90 Å². The fourth-order valence-electron chi connectivity index (χ4n) is 4.91. The minimum atomic E-state index is -0.238. The number of carbonyl (C=O) groups excluding carboxylic acids is 1. The summed E-state index contributed by atoms with van der Waals surface area (Å²) in [6, 6.07) is 11.1. The monoisotopic (exact) mass is 566 g/mol. The summed E-state index contributed by atoms with van der Waals surface area (Å²) in [5.74, 6) is 1.59. The number of hydrogen-bond donors (Lipinski definition) is 0. The van der Waals surface area contributed by atoms with E-state index in [9.17, 15) is 9.59 Å². The molecule has 0 saturated carbocycles. The number of thioether (sulfide) groups is 1. The third kappa shape index (κ3) is 5.52. The van der Waals surface area contributed by atoms with Crippen molar-refractivity contribution in [1.29, 1.82) is 0 Å². The third-order valence-corrected chi connectivity index (χ3v) is 8.07.